The van der Waals surface area contributed by atoms with E-state index in [9.17, 15) is 14.7 Å². The number of aliphatic hydroxyl groups is 1. The number of pyridine rings is 1. The van der Waals surface area contributed by atoms with E-state index in [0.717, 1.165) is 31.4 Å². The van der Waals surface area contributed by atoms with Crippen LogP contribution in [-0.2, 0) is 21.8 Å². The maximum Gasteiger partial charge on any atom is 0.258 e. The molecule has 0 aliphatic carbocycles. The second-order valence-corrected chi connectivity index (χ2v) is 11.4. The van der Waals surface area contributed by atoms with Crippen molar-refractivity contribution in [2.45, 2.75) is 50.2 Å². The number of nitrogens with zero attached hydrogens (tertiary/aromatic N) is 3. The van der Waals surface area contributed by atoms with Crippen LogP contribution in [0.25, 0.3) is 11.1 Å². The molecule has 0 radical (unpaired) electrons. The summed E-state index contributed by atoms with van der Waals surface area (Å²) in [4.78, 5) is 36.1. The first kappa shape index (κ1) is 28.5. The molecule has 8 nitrogen and oxygen atoms in total. The Labute approximate surface area is 243 Å². The Hall–Kier alpha value is -3.01. The lowest BCUT2D eigenvalue weighted by Gasteiger charge is -2.47. The zero-order valence-electron chi connectivity index (χ0n) is 22.7. The highest BCUT2D eigenvalue weighted by atomic mass is 35.5. The summed E-state index contributed by atoms with van der Waals surface area (Å²) in [5.74, 6) is -1.04. The van der Waals surface area contributed by atoms with Crippen LogP contribution in [0.15, 0.2) is 60.8 Å². The van der Waals surface area contributed by atoms with Crippen molar-refractivity contribution in [3.63, 3.8) is 0 Å². The Kier molecular flexibility index (Phi) is 7.92. The molecule has 40 heavy (non-hydrogen) atoms. The van der Waals surface area contributed by atoms with E-state index in [2.05, 4.69) is 15.2 Å². The highest BCUT2D eigenvalue weighted by molar-refractivity contribution is 6.30. The van der Waals surface area contributed by atoms with Gasteiger partial charge in [0.05, 0.1) is 29.0 Å². The third-order valence-corrected chi connectivity index (χ3v) is 8.47. The van der Waals surface area contributed by atoms with Gasteiger partial charge < -0.3 is 15.2 Å². The zero-order valence-corrected chi connectivity index (χ0v) is 24.2. The third-order valence-electron chi connectivity index (χ3n) is 8.00. The Balaban J connectivity index is 1.66. The molecule has 2 unspecified atom stereocenters. The van der Waals surface area contributed by atoms with Crippen molar-refractivity contribution in [2.24, 2.45) is 0 Å². The van der Waals surface area contributed by atoms with Crippen LogP contribution in [0.5, 0.6) is 0 Å². The van der Waals surface area contributed by atoms with Crippen LogP contribution in [0.4, 0.5) is 0 Å². The standard InChI is InChI=1S/C30H32Cl2N4O4/c1-29(39,28(38)34-25-9-4-5-16-35(25)2)30(40-3)24-8-6-7-23(19-10-12-20(31)13-11-19)26(24)27(37)36(30)18-22-15-14-21(32)17-33-22/h6-8,10-15,17,25,39H,4-5,9,16,18H2,1-3H3,(H,34,38)/t25?,29?,30-/m1/s1. The van der Waals surface area contributed by atoms with Crippen molar-refractivity contribution in [3.8, 4) is 11.1 Å². The lowest BCUT2D eigenvalue weighted by Crippen LogP contribution is -2.67. The lowest BCUT2D eigenvalue weighted by molar-refractivity contribution is -0.230. The van der Waals surface area contributed by atoms with Gasteiger partial charge >= 0.3 is 0 Å². The molecule has 3 aromatic rings. The smallest absolute Gasteiger partial charge is 0.258 e. The average Bonchev–Trinajstić information content (AvgIpc) is 3.20. The molecule has 0 spiro atoms. The highest BCUT2D eigenvalue weighted by Crippen LogP contribution is 2.50. The number of hydrogen-bond acceptors (Lipinski definition) is 6. The molecule has 2 aliphatic heterocycles. The molecule has 0 bridgehead atoms. The fourth-order valence-corrected chi connectivity index (χ4v) is 6.09. The van der Waals surface area contributed by atoms with Gasteiger partial charge in [-0.05, 0) is 75.2 Å². The van der Waals surface area contributed by atoms with E-state index in [4.69, 9.17) is 27.9 Å². The number of methoxy groups -OCH3 is 1. The molecule has 10 heteroatoms. The maximum absolute atomic E-state index is 14.3. The fraction of sp³-hybridized carbons (Fsp3) is 0.367. The number of carbonyl (C=O) groups excluding carboxylic acids is 2. The van der Waals surface area contributed by atoms with E-state index in [1.165, 1.54) is 25.1 Å². The van der Waals surface area contributed by atoms with Crippen molar-refractivity contribution in [3.05, 3.63) is 87.7 Å². The molecule has 1 fully saturated rings. The fourth-order valence-electron chi connectivity index (χ4n) is 5.85. The number of halogens is 2. The van der Waals surface area contributed by atoms with Crippen LogP contribution < -0.4 is 5.32 Å². The molecule has 3 atom stereocenters. The predicted molar refractivity (Wildman–Crippen MR) is 154 cm³/mol. The van der Waals surface area contributed by atoms with Crippen LogP contribution in [0, 0.1) is 0 Å². The van der Waals surface area contributed by atoms with E-state index < -0.39 is 23.1 Å². The molecule has 2 N–H and O–H groups in total. The van der Waals surface area contributed by atoms with Gasteiger partial charge in [-0.3, -0.25) is 24.4 Å². The van der Waals surface area contributed by atoms with Gasteiger partial charge in [-0.25, -0.2) is 0 Å². The monoisotopic (exact) mass is 582 g/mol. The van der Waals surface area contributed by atoms with E-state index in [1.807, 2.05) is 25.2 Å². The molecular weight excluding hydrogens is 551 g/mol. The normalized spacial score (nSPS) is 22.6. The van der Waals surface area contributed by atoms with Gasteiger partial charge in [0.1, 0.15) is 0 Å². The number of likely N-dealkylation sites (tertiary alicyclic amines) is 1. The summed E-state index contributed by atoms with van der Waals surface area (Å²) in [5.41, 5.74) is -1.41. The second kappa shape index (κ2) is 11.1. The van der Waals surface area contributed by atoms with Crippen molar-refractivity contribution in [1.82, 2.24) is 20.1 Å². The molecule has 2 aromatic carbocycles. The lowest BCUT2D eigenvalue weighted by atomic mass is 9.82. The first-order chi connectivity index (χ1) is 19.1. The van der Waals surface area contributed by atoms with E-state index >= 15 is 0 Å². The van der Waals surface area contributed by atoms with Gasteiger partial charge in [0.2, 0.25) is 5.72 Å². The topological polar surface area (TPSA) is 95.0 Å². The molecule has 1 saturated heterocycles. The molecule has 3 heterocycles. The number of aromatic nitrogens is 1. The number of nitrogens with one attached hydrogen (secondary N) is 1. The molecule has 0 saturated carbocycles. The van der Waals surface area contributed by atoms with Gasteiger partial charge in [0.15, 0.2) is 5.60 Å². The maximum atomic E-state index is 14.3. The number of amides is 2. The number of piperidine rings is 1. The van der Waals surface area contributed by atoms with Crippen LogP contribution in [0.1, 0.15) is 47.8 Å². The quantitative estimate of drug-likeness (QED) is 0.415. The summed E-state index contributed by atoms with van der Waals surface area (Å²) < 4.78 is 6.12. The Morgan fingerprint density at radius 2 is 1.88 bits per heavy atom. The van der Waals surface area contributed by atoms with Crippen molar-refractivity contribution in [1.29, 1.82) is 0 Å². The van der Waals surface area contributed by atoms with Gasteiger partial charge in [-0.2, -0.15) is 0 Å². The highest BCUT2D eigenvalue weighted by Gasteiger charge is 2.64. The molecule has 1 aromatic heterocycles. The van der Waals surface area contributed by atoms with Crippen LogP contribution >= 0.6 is 23.2 Å². The molecule has 2 aliphatic rings. The summed E-state index contributed by atoms with van der Waals surface area (Å²) in [6.45, 7) is 2.20. The van der Waals surface area contributed by atoms with Crippen LogP contribution in [-0.4, -0.2) is 64.2 Å². The van der Waals surface area contributed by atoms with Crippen molar-refractivity contribution >= 4 is 35.0 Å². The summed E-state index contributed by atoms with van der Waals surface area (Å²) in [7, 11) is 3.34. The average molecular weight is 584 g/mol. The number of rotatable bonds is 7. The van der Waals surface area contributed by atoms with Gasteiger partial charge in [-0.1, -0.05) is 53.5 Å². The minimum absolute atomic E-state index is 0.0364. The SMILES string of the molecule is CO[C@@]1(C(C)(O)C(=O)NC2CCCCN2C)c2cccc(-c3ccc(Cl)cc3)c2C(=O)N1Cc1ccc(Cl)cn1. The predicted octanol–water partition coefficient (Wildman–Crippen LogP) is 4.82. The van der Waals surface area contributed by atoms with E-state index in [-0.39, 0.29) is 12.7 Å². The number of ether oxygens (including phenoxy) is 1. The second-order valence-electron chi connectivity index (χ2n) is 10.5. The van der Waals surface area contributed by atoms with Gasteiger partial charge in [0, 0.05) is 23.9 Å². The summed E-state index contributed by atoms with van der Waals surface area (Å²) >= 11 is 12.2. The van der Waals surface area contributed by atoms with Crippen molar-refractivity contribution < 1.29 is 19.4 Å². The molecule has 5 rings (SSSR count). The minimum Gasteiger partial charge on any atom is -0.376 e. The van der Waals surface area contributed by atoms with Crippen molar-refractivity contribution in [2.75, 3.05) is 20.7 Å². The zero-order chi connectivity index (χ0) is 28.7. The summed E-state index contributed by atoms with van der Waals surface area (Å²) in [6, 6.07) is 15.9. The first-order valence-corrected chi connectivity index (χ1v) is 14.0. The largest absolute Gasteiger partial charge is 0.376 e. The van der Waals surface area contributed by atoms with Crippen LogP contribution in [0.2, 0.25) is 10.0 Å². The van der Waals surface area contributed by atoms with Gasteiger partial charge in [-0.15, -0.1) is 0 Å². The van der Waals surface area contributed by atoms with E-state index in [1.54, 1.807) is 36.4 Å². The first-order valence-electron chi connectivity index (χ1n) is 13.2. The molecular formula is C30H32Cl2N4O4. The number of carbonyl (C=O) groups is 2. The van der Waals surface area contributed by atoms with E-state index in [0.29, 0.717) is 32.4 Å². The summed E-state index contributed by atoms with van der Waals surface area (Å²) in [6.07, 6.45) is 4.01. The third kappa shape index (κ3) is 4.78. The number of fused-ring (bicyclic) bond motifs is 1. The molecule has 210 valence electrons. The Morgan fingerprint density at radius 1 is 1.15 bits per heavy atom. The van der Waals surface area contributed by atoms with Crippen LogP contribution in [0.3, 0.4) is 0 Å². The van der Waals surface area contributed by atoms with Gasteiger partial charge in [0.25, 0.3) is 11.8 Å². The number of benzene rings is 2. The minimum atomic E-state index is -2.19. The Morgan fingerprint density at radius 3 is 2.52 bits per heavy atom. The summed E-state index contributed by atoms with van der Waals surface area (Å²) in [5, 5.41) is 16.2. The number of hydrogen-bond donors (Lipinski definition) is 2. The molecule has 2 amide bonds. The Bertz CT molecular complexity index is 1410.